The SMILES string of the molecule is CCc1noc(CC)c1CNC(=NC)NCCC(C)N(C)Cc1ccccc1. The molecular formula is C22H35N5O. The van der Waals surface area contributed by atoms with E-state index < -0.39 is 0 Å². The van der Waals surface area contributed by atoms with Crippen LogP contribution in [0.5, 0.6) is 0 Å². The molecule has 1 unspecified atom stereocenters. The van der Waals surface area contributed by atoms with Gasteiger partial charge in [0.1, 0.15) is 5.76 Å². The molecule has 1 aromatic heterocycles. The van der Waals surface area contributed by atoms with E-state index >= 15 is 0 Å². The maximum Gasteiger partial charge on any atom is 0.191 e. The molecule has 0 aliphatic rings. The summed E-state index contributed by atoms with van der Waals surface area (Å²) in [5.74, 6) is 1.76. The highest BCUT2D eigenvalue weighted by molar-refractivity contribution is 5.79. The van der Waals surface area contributed by atoms with Crippen LogP contribution >= 0.6 is 0 Å². The highest BCUT2D eigenvalue weighted by atomic mass is 16.5. The van der Waals surface area contributed by atoms with Crippen molar-refractivity contribution in [3.63, 3.8) is 0 Å². The number of benzene rings is 1. The summed E-state index contributed by atoms with van der Waals surface area (Å²) in [5.41, 5.74) is 3.52. The number of aryl methyl sites for hydroxylation is 2. The van der Waals surface area contributed by atoms with Gasteiger partial charge < -0.3 is 15.2 Å². The van der Waals surface area contributed by atoms with Crippen molar-refractivity contribution in [1.82, 2.24) is 20.7 Å². The molecule has 1 aromatic carbocycles. The summed E-state index contributed by atoms with van der Waals surface area (Å²) >= 11 is 0. The fourth-order valence-electron chi connectivity index (χ4n) is 3.18. The third-order valence-electron chi connectivity index (χ3n) is 5.14. The second-order valence-corrected chi connectivity index (χ2v) is 7.13. The molecule has 2 aromatic rings. The molecule has 0 radical (unpaired) electrons. The van der Waals surface area contributed by atoms with E-state index in [1.165, 1.54) is 5.56 Å². The Morgan fingerprint density at radius 2 is 1.93 bits per heavy atom. The molecule has 0 bridgehead atoms. The van der Waals surface area contributed by atoms with Crippen LogP contribution in [0.25, 0.3) is 0 Å². The largest absolute Gasteiger partial charge is 0.361 e. The lowest BCUT2D eigenvalue weighted by Crippen LogP contribution is -2.39. The molecule has 6 heteroatoms. The van der Waals surface area contributed by atoms with Crippen molar-refractivity contribution in [2.75, 3.05) is 20.6 Å². The molecule has 2 N–H and O–H groups in total. The first-order valence-electron chi connectivity index (χ1n) is 10.2. The number of aromatic nitrogens is 1. The first-order valence-corrected chi connectivity index (χ1v) is 10.2. The van der Waals surface area contributed by atoms with Crippen LogP contribution in [0.3, 0.4) is 0 Å². The van der Waals surface area contributed by atoms with Crippen LogP contribution in [0.1, 0.15) is 49.8 Å². The molecule has 0 spiro atoms. The van der Waals surface area contributed by atoms with E-state index in [1.54, 1.807) is 7.05 Å². The van der Waals surface area contributed by atoms with Gasteiger partial charge in [-0.05, 0) is 32.4 Å². The van der Waals surface area contributed by atoms with Gasteiger partial charge in [-0.25, -0.2) is 0 Å². The van der Waals surface area contributed by atoms with E-state index in [9.17, 15) is 0 Å². The Kier molecular flexibility index (Phi) is 9.01. The molecule has 28 heavy (non-hydrogen) atoms. The fourth-order valence-corrected chi connectivity index (χ4v) is 3.18. The Morgan fingerprint density at radius 3 is 2.57 bits per heavy atom. The third-order valence-corrected chi connectivity index (χ3v) is 5.14. The maximum atomic E-state index is 5.43. The normalized spacial score (nSPS) is 13.0. The lowest BCUT2D eigenvalue weighted by atomic mass is 10.1. The van der Waals surface area contributed by atoms with Gasteiger partial charge >= 0.3 is 0 Å². The molecule has 0 fully saturated rings. The van der Waals surface area contributed by atoms with Crippen LogP contribution in [-0.2, 0) is 25.9 Å². The van der Waals surface area contributed by atoms with Crippen molar-refractivity contribution in [2.45, 2.75) is 59.2 Å². The Morgan fingerprint density at radius 1 is 1.18 bits per heavy atom. The van der Waals surface area contributed by atoms with Crippen LogP contribution in [0, 0.1) is 0 Å². The summed E-state index contributed by atoms with van der Waals surface area (Å²) in [4.78, 5) is 6.72. The molecule has 2 rings (SSSR count). The van der Waals surface area contributed by atoms with Gasteiger partial charge in [0.05, 0.1) is 5.69 Å². The fraction of sp³-hybridized carbons (Fsp3) is 0.545. The van der Waals surface area contributed by atoms with E-state index in [1.807, 2.05) is 0 Å². The highest BCUT2D eigenvalue weighted by Crippen LogP contribution is 2.15. The summed E-state index contributed by atoms with van der Waals surface area (Å²) in [6.45, 7) is 8.95. The molecule has 0 aliphatic heterocycles. The van der Waals surface area contributed by atoms with Gasteiger partial charge in [-0.15, -0.1) is 0 Å². The minimum Gasteiger partial charge on any atom is -0.361 e. The zero-order valence-corrected chi connectivity index (χ0v) is 18.0. The number of guanidine groups is 1. The van der Waals surface area contributed by atoms with Crippen molar-refractivity contribution >= 4 is 5.96 Å². The van der Waals surface area contributed by atoms with Gasteiger partial charge in [-0.3, -0.25) is 9.89 Å². The zero-order chi connectivity index (χ0) is 20.4. The van der Waals surface area contributed by atoms with Gasteiger partial charge in [0.25, 0.3) is 0 Å². The topological polar surface area (TPSA) is 65.7 Å². The highest BCUT2D eigenvalue weighted by Gasteiger charge is 2.14. The predicted octanol–water partition coefficient (Wildman–Crippen LogP) is 3.38. The molecule has 0 aliphatic carbocycles. The molecule has 0 saturated heterocycles. The smallest absolute Gasteiger partial charge is 0.191 e. The van der Waals surface area contributed by atoms with Crippen LogP contribution in [0.15, 0.2) is 39.8 Å². The van der Waals surface area contributed by atoms with Crippen molar-refractivity contribution in [1.29, 1.82) is 0 Å². The second-order valence-electron chi connectivity index (χ2n) is 7.13. The predicted molar refractivity (Wildman–Crippen MR) is 115 cm³/mol. The van der Waals surface area contributed by atoms with Crippen LogP contribution < -0.4 is 10.6 Å². The molecule has 1 heterocycles. The van der Waals surface area contributed by atoms with Crippen molar-refractivity contribution in [3.05, 3.63) is 52.9 Å². The molecule has 6 nitrogen and oxygen atoms in total. The van der Waals surface area contributed by atoms with E-state index in [0.29, 0.717) is 12.6 Å². The van der Waals surface area contributed by atoms with Gasteiger partial charge in [-0.1, -0.05) is 49.3 Å². The van der Waals surface area contributed by atoms with Gasteiger partial charge in [0.2, 0.25) is 0 Å². The Balaban J connectivity index is 1.77. The van der Waals surface area contributed by atoms with Crippen LogP contribution in [0.4, 0.5) is 0 Å². The van der Waals surface area contributed by atoms with E-state index in [0.717, 1.165) is 55.3 Å². The quantitative estimate of drug-likeness (QED) is 0.485. The minimum absolute atomic E-state index is 0.474. The summed E-state index contributed by atoms with van der Waals surface area (Å²) in [5, 5.41) is 11.0. The second kappa shape index (κ2) is 11.5. The average molecular weight is 386 g/mol. The monoisotopic (exact) mass is 385 g/mol. The molecule has 0 amide bonds. The standard InChI is InChI=1S/C22H35N5O/c1-6-20-19(21(7-2)28-26-20)15-25-22(23-4)24-14-13-17(3)27(5)16-18-11-9-8-10-12-18/h8-12,17H,6-7,13-16H2,1-5H3,(H2,23,24,25). The van der Waals surface area contributed by atoms with Crippen molar-refractivity contribution in [3.8, 4) is 0 Å². The summed E-state index contributed by atoms with van der Waals surface area (Å²) in [6, 6.07) is 11.1. The van der Waals surface area contributed by atoms with Crippen molar-refractivity contribution < 1.29 is 4.52 Å². The van der Waals surface area contributed by atoms with E-state index in [4.69, 9.17) is 4.52 Å². The van der Waals surface area contributed by atoms with Gasteiger partial charge in [0.15, 0.2) is 5.96 Å². The van der Waals surface area contributed by atoms with E-state index in [2.05, 4.69) is 83.8 Å². The van der Waals surface area contributed by atoms with Crippen LogP contribution in [0.2, 0.25) is 0 Å². The number of rotatable bonds is 10. The molecular weight excluding hydrogens is 350 g/mol. The zero-order valence-electron chi connectivity index (χ0n) is 18.0. The maximum absolute atomic E-state index is 5.43. The number of hydrogen-bond acceptors (Lipinski definition) is 4. The average Bonchev–Trinajstić information content (AvgIpc) is 3.13. The molecule has 1 atom stereocenters. The van der Waals surface area contributed by atoms with Crippen molar-refractivity contribution in [2.24, 2.45) is 4.99 Å². The number of nitrogens with zero attached hydrogens (tertiary/aromatic N) is 3. The number of nitrogens with one attached hydrogen (secondary N) is 2. The van der Waals surface area contributed by atoms with Gasteiger partial charge in [-0.2, -0.15) is 0 Å². The Labute approximate surface area is 169 Å². The first kappa shape index (κ1) is 22.0. The number of hydrogen-bond donors (Lipinski definition) is 2. The third kappa shape index (κ3) is 6.37. The van der Waals surface area contributed by atoms with Gasteiger partial charge in [0, 0.05) is 44.7 Å². The minimum atomic E-state index is 0.474. The Hall–Kier alpha value is -2.34. The van der Waals surface area contributed by atoms with E-state index in [-0.39, 0.29) is 0 Å². The van der Waals surface area contributed by atoms with Crippen LogP contribution in [-0.4, -0.2) is 42.7 Å². The summed E-state index contributed by atoms with van der Waals surface area (Å²) in [7, 11) is 3.98. The number of aliphatic imine (C=N–C) groups is 1. The lowest BCUT2D eigenvalue weighted by molar-refractivity contribution is 0.238. The Bertz CT molecular complexity index is 704. The molecule has 154 valence electrons. The summed E-state index contributed by atoms with van der Waals surface area (Å²) in [6.07, 6.45) is 2.76. The molecule has 0 saturated carbocycles. The lowest BCUT2D eigenvalue weighted by Gasteiger charge is -2.25. The summed E-state index contributed by atoms with van der Waals surface area (Å²) < 4.78 is 5.43. The first-order chi connectivity index (χ1) is 13.6.